The van der Waals surface area contributed by atoms with Crippen molar-refractivity contribution in [1.29, 1.82) is 0 Å². The summed E-state index contributed by atoms with van der Waals surface area (Å²) in [6.45, 7) is -0.720. The van der Waals surface area contributed by atoms with Crippen molar-refractivity contribution in [3.8, 4) is 0 Å². The normalized spacial score (nSPS) is 36.0. The summed E-state index contributed by atoms with van der Waals surface area (Å²) in [5.41, 5.74) is 0.138. The molecule has 8 rings (SSSR count). The zero-order chi connectivity index (χ0) is 32.9. The van der Waals surface area contributed by atoms with E-state index in [1.807, 2.05) is 4.57 Å². The first-order valence-electron chi connectivity index (χ1n) is 15.3. The van der Waals surface area contributed by atoms with Crippen LogP contribution < -0.4 is 10.6 Å². The first kappa shape index (κ1) is 30.9. The minimum Gasteiger partial charge on any atom is -0.396 e. The van der Waals surface area contributed by atoms with E-state index in [4.69, 9.17) is 9.26 Å². The van der Waals surface area contributed by atoms with Crippen molar-refractivity contribution in [2.24, 2.45) is 22.7 Å². The van der Waals surface area contributed by atoms with Crippen LogP contribution in [0.4, 0.5) is 11.6 Å². The highest BCUT2D eigenvalue weighted by Crippen LogP contribution is 2.67. The summed E-state index contributed by atoms with van der Waals surface area (Å²) < 4.78 is 26.5. The zero-order valence-corrected chi connectivity index (χ0v) is 26.0. The molecule has 0 aromatic carbocycles. The highest BCUT2D eigenvalue weighted by molar-refractivity contribution is 7.46. The first-order chi connectivity index (χ1) is 22.5. The average molecular weight is 675 g/mol. The summed E-state index contributed by atoms with van der Waals surface area (Å²) >= 11 is 0. The van der Waals surface area contributed by atoms with E-state index in [0.29, 0.717) is 53.2 Å². The quantitative estimate of drug-likeness (QED) is 0.0711. The summed E-state index contributed by atoms with van der Waals surface area (Å²) in [6.07, 6.45) is 3.37. The van der Waals surface area contributed by atoms with Gasteiger partial charge in [-0.15, -0.1) is 0 Å². The topological polar surface area (TPSA) is 268 Å². The molecule has 0 bridgehead atoms. The fourth-order valence-corrected chi connectivity index (χ4v) is 8.93. The Balaban J connectivity index is 1.07. The number of aliphatic hydroxyl groups is 4. The van der Waals surface area contributed by atoms with Crippen molar-refractivity contribution in [2.75, 3.05) is 37.6 Å². The van der Waals surface area contributed by atoms with Crippen LogP contribution in [0, 0.1) is 22.7 Å². The number of anilines is 2. The van der Waals surface area contributed by atoms with Gasteiger partial charge in [-0.25, -0.2) is 34.5 Å². The zero-order valence-electron chi connectivity index (χ0n) is 25.1. The Morgan fingerprint density at radius 3 is 2.17 bits per heavy atom. The average Bonchev–Trinajstić information content (AvgIpc) is 3.24. The van der Waals surface area contributed by atoms with E-state index in [9.17, 15) is 34.8 Å². The Hall–Kier alpha value is -3.39. The highest BCUT2D eigenvalue weighted by atomic mass is 31.2. The van der Waals surface area contributed by atoms with Crippen LogP contribution in [0.25, 0.3) is 22.3 Å². The minimum atomic E-state index is -4.81. The Labute approximate surface area is 266 Å². The van der Waals surface area contributed by atoms with Crippen LogP contribution in [0.15, 0.2) is 25.3 Å². The second-order valence-corrected chi connectivity index (χ2v) is 14.2. The monoisotopic (exact) mass is 674 g/mol. The maximum atomic E-state index is 11.7. The lowest BCUT2D eigenvalue weighted by Gasteiger charge is -2.47. The lowest BCUT2D eigenvalue weighted by atomic mass is 9.60. The number of hydrogen-bond donors (Lipinski definition) is 8. The van der Waals surface area contributed by atoms with Crippen LogP contribution in [0.5, 0.6) is 0 Å². The summed E-state index contributed by atoms with van der Waals surface area (Å²) in [6, 6.07) is -1.04. The number of aliphatic hydroxyl groups excluding tert-OH is 4. The molecule has 4 heterocycles. The van der Waals surface area contributed by atoms with E-state index in [1.165, 1.54) is 19.0 Å². The Kier molecular flexibility index (Phi) is 7.11. The largest absolute Gasteiger partial charge is 0.469 e. The molecule has 0 radical (unpaired) electrons. The van der Waals surface area contributed by atoms with Crippen molar-refractivity contribution in [3.05, 3.63) is 25.3 Å². The van der Waals surface area contributed by atoms with Crippen LogP contribution in [0.1, 0.15) is 31.3 Å². The lowest BCUT2D eigenvalue weighted by Crippen LogP contribution is -2.49. The molecule has 10 atom stereocenters. The van der Waals surface area contributed by atoms with Gasteiger partial charge in [0.25, 0.3) is 0 Å². The van der Waals surface area contributed by atoms with E-state index in [1.54, 1.807) is 17.9 Å². The van der Waals surface area contributed by atoms with Crippen LogP contribution in [0.3, 0.4) is 0 Å². The van der Waals surface area contributed by atoms with E-state index in [0.717, 1.165) is 0 Å². The maximum Gasteiger partial charge on any atom is 0.469 e. The molecular formula is C27H35N10O9P. The van der Waals surface area contributed by atoms with E-state index < -0.39 is 55.2 Å². The predicted molar refractivity (Wildman–Crippen MR) is 160 cm³/mol. The molecule has 47 heavy (non-hydrogen) atoms. The molecule has 4 aromatic rings. The Morgan fingerprint density at radius 2 is 1.57 bits per heavy atom. The standard InChI is InChI=1S/C27H35N10O9P/c1-28-22-14-24(31-7-29-22)37(10-33-14)17-12-2-3-26(12,6-46-47(42,43)44)21(41)19(17)45-11-35-23-15-25(32-8-30-23)36(9-34-15)16-13-4-27(13,5-38)20(40)18(16)39/h7-10,12-13,16-21,38-41H,2-6,11H2,1H3,(H,28,29,31)(H,30,32,35)(H2,42,43,44)/t12-,13-,16-,17-,18+,19+,20+,21+,26+,27+/m1/s1. The molecule has 4 fully saturated rings. The van der Waals surface area contributed by atoms with Gasteiger partial charge in [-0.2, -0.15) is 0 Å². The van der Waals surface area contributed by atoms with Gasteiger partial charge in [-0.05, 0) is 31.1 Å². The molecule has 0 aliphatic heterocycles. The SMILES string of the molecule is CNc1ncnc2c1ncn2[C@H]1[C@H](OCNc2ncnc3c2ncn3[C@H]2[C@H](O)[C@H](O)[C@]3(CO)C[C@H]23)[C@H](O)[C@]2(COP(=O)(O)O)CC[C@H]12. The number of nitrogens with one attached hydrogen (secondary N) is 2. The number of aromatic nitrogens is 8. The fraction of sp³-hybridized carbons (Fsp3) is 0.630. The van der Waals surface area contributed by atoms with Gasteiger partial charge in [-0.1, -0.05) is 0 Å². The lowest BCUT2D eigenvalue weighted by molar-refractivity contribution is -0.106. The van der Waals surface area contributed by atoms with Gasteiger partial charge in [0, 0.05) is 17.9 Å². The molecule has 4 aliphatic rings. The number of rotatable bonds is 11. The van der Waals surface area contributed by atoms with Gasteiger partial charge in [0.1, 0.15) is 42.6 Å². The van der Waals surface area contributed by atoms with Gasteiger partial charge < -0.3 is 54.7 Å². The number of hydrogen-bond acceptors (Lipinski definition) is 15. The number of imidazole rings is 2. The fourth-order valence-electron chi connectivity index (χ4n) is 8.52. The molecule has 20 heteroatoms. The third-order valence-corrected chi connectivity index (χ3v) is 11.5. The summed E-state index contributed by atoms with van der Waals surface area (Å²) in [4.78, 5) is 45.3. The van der Waals surface area contributed by atoms with Gasteiger partial charge >= 0.3 is 7.82 Å². The first-order valence-corrected chi connectivity index (χ1v) is 16.8. The number of fused-ring (bicyclic) bond motifs is 4. The summed E-state index contributed by atoms with van der Waals surface area (Å²) in [7, 11) is -3.09. The van der Waals surface area contributed by atoms with Gasteiger partial charge in [-0.3, -0.25) is 4.52 Å². The molecule has 0 amide bonds. The number of phosphoric acid groups is 1. The second kappa shape index (κ2) is 10.8. The van der Waals surface area contributed by atoms with Gasteiger partial charge in [0.15, 0.2) is 22.9 Å². The summed E-state index contributed by atoms with van der Waals surface area (Å²) in [5.74, 6) is 0.447. The molecule has 4 aliphatic carbocycles. The van der Waals surface area contributed by atoms with Crippen molar-refractivity contribution >= 4 is 41.8 Å². The second-order valence-electron chi connectivity index (χ2n) is 13.0. The van der Waals surface area contributed by atoms with Crippen molar-refractivity contribution < 1.29 is 44.0 Å². The smallest absolute Gasteiger partial charge is 0.396 e. The van der Waals surface area contributed by atoms with E-state index >= 15 is 0 Å². The molecule has 4 saturated carbocycles. The number of phosphoric ester groups is 1. The predicted octanol–water partition coefficient (Wildman–Crippen LogP) is -0.841. The van der Waals surface area contributed by atoms with Crippen LogP contribution >= 0.6 is 7.82 Å². The van der Waals surface area contributed by atoms with Gasteiger partial charge in [0.2, 0.25) is 0 Å². The number of ether oxygens (including phenoxy) is 1. The minimum absolute atomic E-state index is 0.128. The Morgan fingerprint density at radius 1 is 0.915 bits per heavy atom. The van der Waals surface area contributed by atoms with Crippen molar-refractivity contribution in [1.82, 2.24) is 39.0 Å². The van der Waals surface area contributed by atoms with Crippen LogP contribution in [0.2, 0.25) is 0 Å². The molecule has 0 saturated heterocycles. The third-order valence-electron chi connectivity index (χ3n) is 11.1. The molecule has 252 valence electrons. The maximum absolute atomic E-state index is 11.7. The van der Waals surface area contributed by atoms with Crippen LogP contribution in [-0.2, 0) is 13.8 Å². The molecule has 4 aromatic heterocycles. The van der Waals surface area contributed by atoms with Crippen molar-refractivity contribution in [3.63, 3.8) is 0 Å². The Bertz CT molecular complexity index is 1890. The molecule has 8 N–H and O–H groups in total. The molecule has 19 nitrogen and oxygen atoms in total. The van der Waals surface area contributed by atoms with E-state index in [-0.39, 0.29) is 31.8 Å². The van der Waals surface area contributed by atoms with Crippen molar-refractivity contribution in [2.45, 2.75) is 55.8 Å². The van der Waals surface area contributed by atoms with E-state index in [2.05, 4.69) is 40.5 Å². The number of nitrogens with zero attached hydrogens (tertiary/aromatic N) is 8. The highest BCUT2D eigenvalue weighted by Gasteiger charge is 2.71. The summed E-state index contributed by atoms with van der Waals surface area (Å²) in [5, 5.41) is 49.1. The van der Waals surface area contributed by atoms with Crippen LogP contribution in [-0.4, -0.2) is 121 Å². The molecular weight excluding hydrogens is 639 g/mol. The molecule has 0 unspecified atom stereocenters. The van der Waals surface area contributed by atoms with Gasteiger partial charge in [0.05, 0.1) is 50.2 Å². The third kappa shape index (κ3) is 4.45. The molecule has 0 spiro atoms.